The molecule has 2 heterocycles. The van der Waals surface area contributed by atoms with E-state index in [0.717, 1.165) is 41.2 Å². The molecule has 4 aromatic rings. The van der Waals surface area contributed by atoms with Gasteiger partial charge in [0, 0.05) is 18.4 Å². The smallest absolute Gasteiger partial charge is 0.180 e. The van der Waals surface area contributed by atoms with Gasteiger partial charge in [-0.05, 0) is 40.0 Å². The monoisotopic (exact) mass is 451 g/mol. The van der Waals surface area contributed by atoms with Crippen molar-refractivity contribution < 1.29 is 0 Å². The summed E-state index contributed by atoms with van der Waals surface area (Å²) in [5.74, 6) is 9.46. The van der Waals surface area contributed by atoms with Crippen LogP contribution in [0, 0.1) is 17.8 Å². The molecule has 2 aromatic carbocycles. The lowest BCUT2D eigenvalue weighted by Gasteiger charge is -2.19. The van der Waals surface area contributed by atoms with E-state index >= 15 is 0 Å². The number of aromatic amines is 1. The Bertz CT molecular complexity index is 1270. The summed E-state index contributed by atoms with van der Waals surface area (Å²) in [6.07, 6.45) is 8.34. The Kier molecular flexibility index (Phi) is 6.76. The molecule has 0 saturated heterocycles. The first kappa shape index (κ1) is 22.0. The van der Waals surface area contributed by atoms with E-state index in [1.54, 1.807) is 0 Å². The number of H-pyrrole nitrogens is 1. The number of benzene rings is 2. The molecule has 0 radical (unpaired) electrons. The molecule has 7 heteroatoms. The van der Waals surface area contributed by atoms with Crippen LogP contribution in [-0.4, -0.2) is 35.4 Å². The maximum atomic E-state index is 4.94. The summed E-state index contributed by atoms with van der Waals surface area (Å²) in [4.78, 5) is 4.94. The maximum absolute atomic E-state index is 4.94. The highest BCUT2D eigenvalue weighted by Crippen LogP contribution is 2.30. The first-order valence-electron chi connectivity index (χ1n) is 12.0. The van der Waals surface area contributed by atoms with Gasteiger partial charge in [0.1, 0.15) is 12.4 Å². The molecule has 7 nitrogen and oxygen atoms in total. The molecular weight excluding hydrogens is 422 g/mol. The van der Waals surface area contributed by atoms with Gasteiger partial charge in [0.15, 0.2) is 11.6 Å². The van der Waals surface area contributed by atoms with Crippen LogP contribution in [0.25, 0.3) is 22.5 Å². The minimum atomic E-state index is 0.584. The molecule has 1 aliphatic carbocycles. The molecule has 1 saturated carbocycles. The van der Waals surface area contributed by atoms with Crippen molar-refractivity contribution in [2.45, 2.75) is 58.4 Å². The highest BCUT2D eigenvalue weighted by Gasteiger charge is 2.18. The zero-order valence-electron chi connectivity index (χ0n) is 19.5. The van der Waals surface area contributed by atoms with Crippen molar-refractivity contribution >= 4 is 0 Å². The van der Waals surface area contributed by atoms with Crippen molar-refractivity contribution in [3.8, 4) is 34.4 Å². The Morgan fingerprint density at radius 2 is 1.79 bits per heavy atom. The van der Waals surface area contributed by atoms with Crippen LogP contribution in [0.2, 0.25) is 0 Å². The maximum Gasteiger partial charge on any atom is 0.180 e. The summed E-state index contributed by atoms with van der Waals surface area (Å²) in [5, 5.41) is 19.2. The standard InChI is InChI=1S/C27H29N7/c1-2-3-17-34-26(28-25(31-34)18-20-9-5-4-6-10-20)19-21-13-15-22(16-14-21)23-11-7-8-12-24(23)27-29-32-33-30-27/h7-8,11-16,20H,4-6,9-10,17-19H2,1H3,(H,29,30,32,33). The third-order valence-corrected chi connectivity index (χ3v) is 6.55. The van der Waals surface area contributed by atoms with Crippen LogP contribution in [0.5, 0.6) is 0 Å². The molecule has 1 fully saturated rings. The van der Waals surface area contributed by atoms with E-state index in [0.29, 0.717) is 18.3 Å². The van der Waals surface area contributed by atoms with Crippen molar-refractivity contribution in [1.29, 1.82) is 0 Å². The van der Waals surface area contributed by atoms with Gasteiger partial charge in [-0.2, -0.15) is 5.10 Å². The molecule has 34 heavy (non-hydrogen) atoms. The Morgan fingerprint density at radius 1 is 1.00 bits per heavy atom. The van der Waals surface area contributed by atoms with Crippen LogP contribution in [0.1, 0.15) is 56.2 Å². The molecule has 2 aromatic heterocycles. The van der Waals surface area contributed by atoms with Gasteiger partial charge in [-0.15, -0.1) is 11.0 Å². The number of hydrogen-bond donors (Lipinski definition) is 1. The van der Waals surface area contributed by atoms with Crippen LogP contribution in [-0.2, 0) is 19.4 Å². The molecule has 5 rings (SSSR count). The van der Waals surface area contributed by atoms with Crippen molar-refractivity contribution in [3.05, 3.63) is 65.7 Å². The molecule has 0 unspecified atom stereocenters. The number of nitrogens with one attached hydrogen (secondary N) is 1. The lowest BCUT2D eigenvalue weighted by Crippen LogP contribution is -2.10. The first-order chi connectivity index (χ1) is 16.8. The van der Waals surface area contributed by atoms with Crippen LogP contribution >= 0.6 is 0 Å². The minimum Gasteiger partial charge on any atom is -0.239 e. The van der Waals surface area contributed by atoms with Gasteiger partial charge in [0.2, 0.25) is 0 Å². The second-order valence-corrected chi connectivity index (χ2v) is 8.91. The van der Waals surface area contributed by atoms with Crippen LogP contribution in [0.3, 0.4) is 0 Å². The highest BCUT2D eigenvalue weighted by molar-refractivity contribution is 5.80. The molecule has 0 spiro atoms. The number of tetrazole rings is 1. The average molecular weight is 452 g/mol. The Balaban J connectivity index is 1.36. The summed E-state index contributed by atoms with van der Waals surface area (Å²) in [6, 6.07) is 16.8. The summed E-state index contributed by atoms with van der Waals surface area (Å²) in [5.41, 5.74) is 4.38. The Morgan fingerprint density at radius 3 is 2.53 bits per heavy atom. The largest absolute Gasteiger partial charge is 0.239 e. The Labute approximate surface area is 200 Å². The normalized spacial score (nSPS) is 14.0. The minimum absolute atomic E-state index is 0.584. The Hall–Kier alpha value is -3.79. The van der Waals surface area contributed by atoms with Gasteiger partial charge < -0.3 is 0 Å². The summed E-state index contributed by atoms with van der Waals surface area (Å²) in [7, 11) is 0. The molecule has 0 aliphatic heterocycles. The fourth-order valence-electron chi connectivity index (χ4n) is 4.77. The average Bonchev–Trinajstić information content (AvgIpc) is 3.54. The second-order valence-electron chi connectivity index (χ2n) is 8.91. The van der Waals surface area contributed by atoms with E-state index in [1.165, 1.54) is 37.7 Å². The van der Waals surface area contributed by atoms with Crippen LogP contribution in [0.4, 0.5) is 0 Å². The van der Waals surface area contributed by atoms with Crippen molar-refractivity contribution in [3.63, 3.8) is 0 Å². The van der Waals surface area contributed by atoms with Crippen molar-refractivity contribution in [2.24, 2.45) is 5.92 Å². The zero-order chi connectivity index (χ0) is 23.2. The van der Waals surface area contributed by atoms with Crippen molar-refractivity contribution in [2.75, 3.05) is 0 Å². The summed E-state index contributed by atoms with van der Waals surface area (Å²) in [6.45, 7) is 2.45. The lowest BCUT2D eigenvalue weighted by molar-refractivity contribution is 0.351. The van der Waals surface area contributed by atoms with E-state index in [9.17, 15) is 0 Å². The van der Waals surface area contributed by atoms with Crippen LogP contribution in [0.15, 0.2) is 48.5 Å². The van der Waals surface area contributed by atoms with Gasteiger partial charge in [-0.1, -0.05) is 86.6 Å². The van der Waals surface area contributed by atoms with E-state index in [1.807, 2.05) is 29.8 Å². The molecule has 172 valence electrons. The number of rotatable bonds is 7. The predicted octanol–water partition coefficient (Wildman–Crippen LogP) is 4.86. The molecule has 1 N–H and O–H groups in total. The van der Waals surface area contributed by atoms with Gasteiger partial charge >= 0.3 is 0 Å². The SMILES string of the molecule is CC#CCn1nc(CC2CCCCC2)nc1Cc1ccc(-c2ccccc2-c2nnn[nH]2)cc1. The molecule has 0 amide bonds. The molecule has 0 atom stereocenters. The number of nitrogens with zero attached hydrogens (tertiary/aromatic N) is 6. The first-order valence-corrected chi connectivity index (χ1v) is 12.0. The van der Waals surface area contributed by atoms with Crippen molar-refractivity contribution in [1.82, 2.24) is 35.4 Å². The summed E-state index contributed by atoms with van der Waals surface area (Å²) < 4.78 is 1.98. The fourth-order valence-corrected chi connectivity index (χ4v) is 4.77. The molecule has 0 bridgehead atoms. The van der Waals surface area contributed by atoms with Crippen LogP contribution < -0.4 is 0 Å². The predicted molar refractivity (Wildman–Crippen MR) is 132 cm³/mol. The van der Waals surface area contributed by atoms with Gasteiger partial charge in [-0.3, -0.25) is 0 Å². The van der Waals surface area contributed by atoms with E-state index in [2.05, 4.69) is 62.8 Å². The quantitative estimate of drug-likeness (QED) is 0.406. The van der Waals surface area contributed by atoms with E-state index in [4.69, 9.17) is 10.1 Å². The third-order valence-electron chi connectivity index (χ3n) is 6.55. The summed E-state index contributed by atoms with van der Waals surface area (Å²) >= 11 is 0. The van der Waals surface area contributed by atoms with Gasteiger partial charge in [0.25, 0.3) is 0 Å². The third kappa shape index (κ3) is 5.07. The molecule has 1 aliphatic rings. The zero-order valence-corrected chi connectivity index (χ0v) is 19.5. The number of hydrogen-bond acceptors (Lipinski definition) is 5. The second kappa shape index (κ2) is 10.4. The number of aromatic nitrogens is 7. The van der Waals surface area contributed by atoms with E-state index in [-0.39, 0.29) is 0 Å². The van der Waals surface area contributed by atoms with Gasteiger partial charge in [0.05, 0.1) is 0 Å². The lowest BCUT2D eigenvalue weighted by atomic mass is 9.87. The topological polar surface area (TPSA) is 85.2 Å². The molecular formula is C27H29N7. The van der Waals surface area contributed by atoms with Gasteiger partial charge in [-0.25, -0.2) is 14.8 Å². The fraction of sp³-hybridized carbons (Fsp3) is 0.370. The highest BCUT2D eigenvalue weighted by atomic mass is 15.5. The van der Waals surface area contributed by atoms with E-state index < -0.39 is 0 Å².